The number of Topliss-reactive ketones (excluding diaryl/α,β-unsaturated/α-hetero) is 1. The summed E-state index contributed by atoms with van der Waals surface area (Å²) < 4.78 is 5.42. The highest BCUT2D eigenvalue weighted by Gasteiger charge is 2.54. The van der Waals surface area contributed by atoms with Crippen LogP contribution in [0.15, 0.2) is 24.4 Å². The van der Waals surface area contributed by atoms with Crippen LogP contribution in [0.25, 0.3) is 10.9 Å². The lowest BCUT2D eigenvalue weighted by Gasteiger charge is -2.04. The number of carbonyl (C=O) groups is 1. The first-order valence-electron chi connectivity index (χ1n) is 7.49. The molecular formula is C17H19NO2. The molecule has 104 valence electrons. The zero-order chi connectivity index (χ0) is 13.7. The van der Waals surface area contributed by atoms with Crippen molar-refractivity contribution in [2.75, 3.05) is 7.11 Å². The van der Waals surface area contributed by atoms with Crippen molar-refractivity contribution in [3.8, 4) is 5.75 Å². The van der Waals surface area contributed by atoms with Gasteiger partial charge in [0, 0.05) is 23.2 Å². The third-order valence-corrected chi connectivity index (χ3v) is 5.11. The molecule has 2 saturated carbocycles. The summed E-state index contributed by atoms with van der Waals surface area (Å²) in [5, 5.41) is 0.948. The summed E-state index contributed by atoms with van der Waals surface area (Å²) in [6.07, 6.45) is 6.92. The van der Waals surface area contributed by atoms with Gasteiger partial charge in [0.15, 0.2) is 5.78 Å². The van der Waals surface area contributed by atoms with Crippen LogP contribution in [0, 0.1) is 17.8 Å². The summed E-state index contributed by atoms with van der Waals surface area (Å²) >= 11 is 0. The van der Waals surface area contributed by atoms with Gasteiger partial charge in [0.1, 0.15) is 5.75 Å². The molecule has 0 saturated heterocycles. The number of hydrogen-bond donors (Lipinski definition) is 1. The third kappa shape index (κ3) is 1.62. The van der Waals surface area contributed by atoms with Crippen LogP contribution in [0.5, 0.6) is 5.75 Å². The Labute approximate surface area is 118 Å². The van der Waals surface area contributed by atoms with Crippen molar-refractivity contribution >= 4 is 16.7 Å². The van der Waals surface area contributed by atoms with E-state index in [0.717, 1.165) is 22.2 Å². The topological polar surface area (TPSA) is 42.1 Å². The third-order valence-electron chi connectivity index (χ3n) is 5.11. The molecule has 3 heteroatoms. The van der Waals surface area contributed by atoms with Crippen molar-refractivity contribution in [1.82, 2.24) is 4.98 Å². The Morgan fingerprint density at radius 2 is 2.00 bits per heavy atom. The highest BCUT2D eigenvalue weighted by atomic mass is 16.5. The van der Waals surface area contributed by atoms with Crippen LogP contribution >= 0.6 is 0 Å². The Hall–Kier alpha value is -1.77. The van der Waals surface area contributed by atoms with E-state index in [-0.39, 0.29) is 5.92 Å². The number of benzene rings is 1. The van der Waals surface area contributed by atoms with Gasteiger partial charge in [0.2, 0.25) is 0 Å². The lowest BCUT2D eigenvalue weighted by molar-refractivity contribution is 0.0958. The van der Waals surface area contributed by atoms with Gasteiger partial charge in [-0.3, -0.25) is 4.79 Å². The monoisotopic (exact) mass is 269 g/mol. The van der Waals surface area contributed by atoms with E-state index in [9.17, 15) is 4.79 Å². The zero-order valence-corrected chi connectivity index (χ0v) is 11.7. The SMILES string of the molecule is COc1cccc2[nH]cc(C(=O)C3C4CCCCC43)c12. The Morgan fingerprint density at radius 3 is 2.70 bits per heavy atom. The molecule has 2 fully saturated rings. The normalized spacial score (nSPS) is 28.1. The zero-order valence-electron chi connectivity index (χ0n) is 11.7. The van der Waals surface area contributed by atoms with E-state index < -0.39 is 0 Å². The molecule has 2 aliphatic carbocycles. The maximum absolute atomic E-state index is 12.8. The molecule has 0 bridgehead atoms. The Kier molecular flexibility index (Phi) is 2.62. The minimum atomic E-state index is 0.265. The number of fused-ring (bicyclic) bond motifs is 2. The molecule has 1 heterocycles. The van der Waals surface area contributed by atoms with E-state index in [1.165, 1.54) is 25.7 Å². The van der Waals surface area contributed by atoms with Crippen molar-refractivity contribution < 1.29 is 9.53 Å². The number of methoxy groups -OCH3 is 1. The first-order valence-corrected chi connectivity index (χ1v) is 7.49. The second kappa shape index (κ2) is 4.37. The molecule has 1 aromatic heterocycles. The number of aromatic nitrogens is 1. The van der Waals surface area contributed by atoms with E-state index >= 15 is 0 Å². The number of ether oxygens (including phenoxy) is 1. The maximum atomic E-state index is 12.8. The smallest absolute Gasteiger partial charge is 0.168 e. The second-order valence-electron chi connectivity index (χ2n) is 6.09. The fourth-order valence-electron chi connectivity index (χ4n) is 4.08. The van der Waals surface area contributed by atoms with Gasteiger partial charge >= 0.3 is 0 Å². The van der Waals surface area contributed by atoms with Crippen LogP contribution in [-0.4, -0.2) is 17.9 Å². The van der Waals surface area contributed by atoms with Crippen LogP contribution in [0.4, 0.5) is 0 Å². The standard InChI is InChI=1S/C17H19NO2/c1-20-14-8-4-7-13-16(14)12(9-18-13)17(19)15-10-5-2-3-6-11(10)15/h4,7-11,15,18H,2-3,5-6H2,1H3. The molecule has 0 spiro atoms. The van der Waals surface area contributed by atoms with E-state index in [1.807, 2.05) is 24.4 Å². The molecule has 3 nitrogen and oxygen atoms in total. The van der Waals surface area contributed by atoms with Crippen molar-refractivity contribution in [3.05, 3.63) is 30.0 Å². The van der Waals surface area contributed by atoms with E-state index in [4.69, 9.17) is 4.74 Å². The fraction of sp³-hybridized carbons (Fsp3) is 0.471. The van der Waals surface area contributed by atoms with E-state index in [2.05, 4.69) is 4.98 Å². The first kappa shape index (κ1) is 12.0. The van der Waals surface area contributed by atoms with Crippen LogP contribution < -0.4 is 4.74 Å². The summed E-state index contributed by atoms with van der Waals surface area (Å²) in [7, 11) is 1.66. The molecule has 0 radical (unpaired) electrons. The molecule has 20 heavy (non-hydrogen) atoms. The number of carbonyl (C=O) groups excluding carboxylic acids is 1. The van der Waals surface area contributed by atoms with Crippen LogP contribution in [0.1, 0.15) is 36.0 Å². The molecule has 2 aliphatic rings. The number of aromatic amines is 1. The largest absolute Gasteiger partial charge is 0.496 e. The minimum absolute atomic E-state index is 0.265. The van der Waals surface area contributed by atoms with Gasteiger partial charge in [0.05, 0.1) is 12.5 Å². The number of hydrogen-bond acceptors (Lipinski definition) is 2. The van der Waals surface area contributed by atoms with Crippen LogP contribution in [-0.2, 0) is 0 Å². The van der Waals surface area contributed by atoms with Gasteiger partial charge in [0.25, 0.3) is 0 Å². The van der Waals surface area contributed by atoms with Crippen molar-refractivity contribution in [2.24, 2.45) is 17.8 Å². The van der Waals surface area contributed by atoms with Gasteiger partial charge in [-0.25, -0.2) is 0 Å². The quantitative estimate of drug-likeness (QED) is 0.861. The predicted octanol–water partition coefficient (Wildman–Crippen LogP) is 3.80. The fourth-order valence-corrected chi connectivity index (χ4v) is 4.08. The molecule has 2 aromatic rings. The van der Waals surface area contributed by atoms with Crippen molar-refractivity contribution in [3.63, 3.8) is 0 Å². The summed E-state index contributed by atoms with van der Waals surface area (Å²) in [4.78, 5) is 16.0. The molecule has 4 rings (SSSR count). The van der Waals surface area contributed by atoms with Crippen LogP contribution in [0.2, 0.25) is 0 Å². The number of nitrogens with one attached hydrogen (secondary N) is 1. The molecule has 2 atom stereocenters. The molecule has 0 amide bonds. The van der Waals surface area contributed by atoms with Gasteiger partial charge in [-0.15, -0.1) is 0 Å². The lowest BCUT2D eigenvalue weighted by Crippen LogP contribution is -2.04. The van der Waals surface area contributed by atoms with Gasteiger partial charge in [-0.05, 0) is 36.8 Å². The van der Waals surface area contributed by atoms with Crippen LogP contribution in [0.3, 0.4) is 0 Å². The first-order chi connectivity index (χ1) is 9.81. The number of rotatable bonds is 3. The lowest BCUT2D eigenvalue weighted by atomic mass is 10.0. The summed E-state index contributed by atoms with van der Waals surface area (Å²) in [6, 6.07) is 5.87. The average molecular weight is 269 g/mol. The van der Waals surface area contributed by atoms with E-state index in [1.54, 1.807) is 7.11 Å². The molecule has 0 aliphatic heterocycles. The second-order valence-corrected chi connectivity index (χ2v) is 6.09. The van der Waals surface area contributed by atoms with Gasteiger partial charge in [-0.1, -0.05) is 18.9 Å². The Morgan fingerprint density at radius 1 is 1.25 bits per heavy atom. The molecule has 1 N–H and O–H groups in total. The highest BCUT2D eigenvalue weighted by Crippen LogP contribution is 2.57. The van der Waals surface area contributed by atoms with Crippen molar-refractivity contribution in [2.45, 2.75) is 25.7 Å². The summed E-state index contributed by atoms with van der Waals surface area (Å²) in [6.45, 7) is 0. The summed E-state index contributed by atoms with van der Waals surface area (Å²) in [5.41, 5.74) is 1.80. The highest BCUT2D eigenvalue weighted by molar-refractivity contribution is 6.12. The molecule has 1 aromatic carbocycles. The van der Waals surface area contributed by atoms with Crippen molar-refractivity contribution in [1.29, 1.82) is 0 Å². The molecular weight excluding hydrogens is 250 g/mol. The van der Waals surface area contributed by atoms with E-state index in [0.29, 0.717) is 17.6 Å². The number of ketones is 1. The maximum Gasteiger partial charge on any atom is 0.168 e. The summed E-state index contributed by atoms with van der Waals surface area (Å²) in [5.74, 6) is 2.67. The average Bonchev–Trinajstić information content (AvgIpc) is 3.06. The Balaban J connectivity index is 1.73. The number of H-pyrrole nitrogens is 1. The predicted molar refractivity (Wildman–Crippen MR) is 78.1 cm³/mol. The van der Waals surface area contributed by atoms with Gasteiger partial charge < -0.3 is 9.72 Å². The molecule has 2 unspecified atom stereocenters. The Bertz CT molecular complexity index is 661. The minimum Gasteiger partial charge on any atom is -0.496 e. The van der Waals surface area contributed by atoms with Gasteiger partial charge in [-0.2, -0.15) is 0 Å².